The Kier molecular flexibility index (Phi) is 6.60. The summed E-state index contributed by atoms with van der Waals surface area (Å²) in [6, 6.07) is 14.0. The molecule has 0 fully saturated rings. The zero-order chi connectivity index (χ0) is 20.1. The molecule has 1 unspecified atom stereocenters. The lowest BCUT2D eigenvalue weighted by atomic mass is 9.89. The number of fused-ring (bicyclic) bond motifs is 1. The molecule has 0 aromatic heterocycles. The van der Waals surface area contributed by atoms with Crippen LogP contribution in [-0.2, 0) is 4.79 Å². The molecule has 3 rings (SSSR count). The van der Waals surface area contributed by atoms with Gasteiger partial charge in [-0.2, -0.15) is 0 Å². The van der Waals surface area contributed by atoms with Crippen molar-refractivity contribution < 1.29 is 9.59 Å². The lowest BCUT2D eigenvalue weighted by Crippen LogP contribution is -2.45. The fourth-order valence-corrected chi connectivity index (χ4v) is 3.56. The monoisotopic (exact) mass is 397 g/mol. The van der Waals surface area contributed by atoms with Crippen molar-refractivity contribution in [1.82, 2.24) is 4.90 Å². The highest BCUT2D eigenvalue weighted by Gasteiger charge is 2.38. The third-order valence-corrected chi connectivity index (χ3v) is 5.21. The van der Waals surface area contributed by atoms with Crippen LogP contribution < -0.4 is 4.90 Å². The minimum Gasteiger partial charge on any atom is -0.302 e. The van der Waals surface area contributed by atoms with Crippen LogP contribution in [0.1, 0.15) is 35.7 Å². The van der Waals surface area contributed by atoms with Crippen LogP contribution in [0.15, 0.2) is 53.5 Å². The third kappa shape index (κ3) is 4.16. The number of hydrogen-bond acceptors (Lipinski definition) is 4. The van der Waals surface area contributed by atoms with Crippen molar-refractivity contribution in [2.24, 2.45) is 4.99 Å². The Balaban J connectivity index is 1.91. The van der Waals surface area contributed by atoms with Gasteiger partial charge >= 0.3 is 0 Å². The van der Waals surface area contributed by atoms with Crippen molar-refractivity contribution in [3.8, 4) is 0 Å². The number of anilines is 1. The molecule has 1 aliphatic rings. The Bertz CT molecular complexity index is 893. The van der Waals surface area contributed by atoms with Crippen molar-refractivity contribution in [2.45, 2.75) is 19.8 Å². The van der Waals surface area contributed by atoms with E-state index in [1.807, 2.05) is 12.1 Å². The Labute approximate surface area is 170 Å². The minimum absolute atomic E-state index is 0.308. The molecule has 146 valence electrons. The normalized spacial score (nSPS) is 16.9. The van der Waals surface area contributed by atoms with Crippen molar-refractivity contribution in [2.75, 3.05) is 31.1 Å². The smallest absolute Gasteiger partial charge is 0.265 e. The second-order valence-corrected chi connectivity index (χ2v) is 7.04. The first kappa shape index (κ1) is 20.2. The summed E-state index contributed by atoms with van der Waals surface area (Å²) in [4.78, 5) is 34.2. The second kappa shape index (κ2) is 9.13. The summed E-state index contributed by atoms with van der Waals surface area (Å²) in [6.45, 7) is 7.61. The molecule has 5 nitrogen and oxygen atoms in total. The van der Waals surface area contributed by atoms with E-state index in [0.717, 1.165) is 19.6 Å². The number of carbonyl (C=O) groups excluding carboxylic acids is 2. The molecule has 0 saturated carbocycles. The highest BCUT2D eigenvalue weighted by atomic mass is 35.5. The van der Waals surface area contributed by atoms with E-state index in [1.54, 1.807) is 42.6 Å². The van der Waals surface area contributed by atoms with Gasteiger partial charge in [-0.3, -0.25) is 14.6 Å². The molecule has 0 bridgehead atoms. The van der Waals surface area contributed by atoms with Crippen LogP contribution in [0.4, 0.5) is 5.69 Å². The van der Waals surface area contributed by atoms with Crippen molar-refractivity contribution in [3.63, 3.8) is 0 Å². The zero-order valence-corrected chi connectivity index (χ0v) is 16.9. The van der Waals surface area contributed by atoms with Gasteiger partial charge in [-0.15, -0.1) is 0 Å². The van der Waals surface area contributed by atoms with E-state index in [2.05, 4.69) is 23.7 Å². The Morgan fingerprint density at radius 2 is 1.86 bits per heavy atom. The molecule has 1 heterocycles. The number of carbonyl (C=O) groups is 2. The maximum absolute atomic E-state index is 13.2. The second-order valence-electron chi connectivity index (χ2n) is 6.61. The third-order valence-electron chi connectivity index (χ3n) is 4.98. The molecular formula is C22H24ClN3O2. The van der Waals surface area contributed by atoms with Gasteiger partial charge in [0.15, 0.2) is 0 Å². The lowest BCUT2D eigenvalue weighted by molar-refractivity contribution is -0.118. The van der Waals surface area contributed by atoms with Crippen LogP contribution in [0, 0.1) is 0 Å². The van der Waals surface area contributed by atoms with Gasteiger partial charge in [0.25, 0.3) is 5.91 Å². The van der Waals surface area contributed by atoms with Crippen LogP contribution in [0.25, 0.3) is 0 Å². The molecule has 28 heavy (non-hydrogen) atoms. The summed E-state index contributed by atoms with van der Waals surface area (Å²) in [7, 11) is 0. The van der Waals surface area contributed by atoms with Crippen molar-refractivity contribution in [3.05, 3.63) is 64.7 Å². The fraction of sp³-hybridized carbons (Fsp3) is 0.318. The first-order chi connectivity index (χ1) is 13.6. The first-order valence-electron chi connectivity index (χ1n) is 9.51. The Morgan fingerprint density at radius 1 is 1.11 bits per heavy atom. The van der Waals surface area contributed by atoms with Gasteiger partial charge < -0.3 is 4.90 Å². The largest absolute Gasteiger partial charge is 0.302 e. The summed E-state index contributed by atoms with van der Waals surface area (Å²) < 4.78 is 0. The maximum Gasteiger partial charge on any atom is 0.265 e. The molecule has 2 aromatic rings. The number of benzene rings is 2. The molecule has 6 heteroatoms. The standard InChI is InChI=1S/C22H24ClN3O2/c1-3-25(4-2)13-12-24-15-20-18-10-5-6-11-19(18)21(27)26(22(20)28)17-9-7-8-16(23)14-17/h5-11,14-15,20H,3-4,12-13H2,1-2H3. The summed E-state index contributed by atoms with van der Waals surface area (Å²) in [6.07, 6.45) is 1.68. The van der Waals surface area contributed by atoms with Gasteiger partial charge in [0.05, 0.1) is 18.2 Å². The fourth-order valence-electron chi connectivity index (χ4n) is 3.38. The van der Waals surface area contributed by atoms with Crippen LogP contribution in [0.3, 0.4) is 0 Å². The number of imide groups is 1. The topological polar surface area (TPSA) is 53.0 Å². The molecule has 0 aliphatic carbocycles. The number of halogens is 1. The van der Waals surface area contributed by atoms with E-state index in [9.17, 15) is 9.59 Å². The summed E-state index contributed by atoms with van der Waals surface area (Å²) >= 11 is 6.08. The van der Waals surface area contributed by atoms with Crippen LogP contribution in [0.2, 0.25) is 5.02 Å². The quantitative estimate of drug-likeness (QED) is 0.523. The molecule has 2 amide bonds. The van der Waals surface area contributed by atoms with Gasteiger partial charge in [-0.1, -0.05) is 49.7 Å². The molecule has 0 radical (unpaired) electrons. The molecule has 1 aliphatic heterocycles. The van der Waals surface area contributed by atoms with Gasteiger partial charge in [0.2, 0.25) is 5.91 Å². The van der Waals surface area contributed by atoms with Gasteiger partial charge in [-0.25, -0.2) is 4.90 Å². The van der Waals surface area contributed by atoms with E-state index in [0.29, 0.717) is 28.4 Å². The van der Waals surface area contributed by atoms with E-state index in [1.165, 1.54) is 4.90 Å². The van der Waals surface area contributed by atoms with Crippen molar-refractivity contribution in [1.29, 1.82) is 0 Å². The SMILES string of the molecule is CCN(CC)CCN=CC1C(=O)N(c2cccc(Cl)c2)C(=O)c2ccccc21. The number of hydrogen-bond donors (Lipinski definition) is 0. The van der Waals surface area contributed by atoms with E-state index in [4.69, 9.17) is 11.6 Å². The zero-order valence-electron chi connectivity index (χ0n) is 16.1. The summed E-state index contributed by atoms with van der Waals surface area (Å²) in [5.74, 6) is -1.24. The predicted octanol–water partition coefficient (Wildman–Crippen LogP) is 4.02. The Morgan fingerprint density at radius 3 is 2.57 bits per heavy atom. The number of likely N-dealkylation sites (N-methyl/N-ethyl adjacent to an activating group) is 1. The molecule has 1 atom stereocenters. The van der Waals surface area contributed by atoms with E-state index < -0.39 is 5.92 Å². The number of amides is 2. The summed E-state index contributed by atoms with van der Waals surface area (Å²) in [5.41, 5.74) is 1.68. The van der Waals surface area contributed by atoms with Gasteiger partial charge in [-0.05, 0) is 42.9 Å². The van der Waals surface area contributed by atoms with E-state index >= 15 is 0 Å². The Hall–Kier alpha value is -2.50. The number of nitrogens with zero attached hydrogens (tertiary/aromatic N) is 3. The van der Waals surface area contributed by atoms with Gasteiger partial charge in [0.1, 0.15) is 0 Å². The lowest BCUT2D eigenvalue weighted by Gasteiger charge is -2.31. The molecule has 0 saturated heterocycles. The molecule has 0 N–H and O–H groups in total. The van der Waals surface area contributed by atoms with Crippen molar-refractivity contribution >= 4 is 35.3 Å². The van der Waals surface area contributed by atoms with Crippen LogP contribution in [0.5, 0.6) is 0 Å². The average molecular weight is 398 g/mol. The molecule has 0 spiro atoms. The maximum atomic E-state index is 13.2. The summed E-state index contributed by atoms with van der Waals surface area (Å²) in [5, 5.41) is 0.474. The minimum atomic E-state index is -0.593. The number of rotatable bonds is 7. The van der Waals surface area contributed by atoms with Gasteiger partial charge in [0, 0.05) is 23.3 Å². The predicted molar refractivity (Wildman–Crippen MR) is 114 cm³/mol. The highest BCUT2D eigenvalue weighted by Crippen LogP contribution is 2.32. The average Bonchev–Trinajstić information content (AvgIpc) is 2.70. The van der Waals surface area contributed by atoms with E-state index in [-0.39, 0.29) is 11.8 Å². The molecular weight excluding hydrogens is 374 g/mol. The highest BCUT2D eigenvalue weighted by molar-refractivity contribution is 6.32. The number of aliphatic imine (C=N–C) groups is 1. The van der Waals surface area contributed by atoms with Crippen LogP contribution in [-0.4, -0.2) is 49.1 Å². The van der Waals surface area contributed by atoms with Crippen LogP contribution >= 0.6 is 11.6 Å². The molecule has 2 aromatic carbocycles. The first-order valence-corrected chi connectivity index (χ1v) is 9.89.